The molecule has 0 aliphatic heterocycles. The summed E-state index contributed by atoms with van der Waals surface area (Å²) in [5.74, 6) is -1.21. The molecule has 1 atom stereocenters. The zero-order valence-electron chi connectivity index (χ0n) is 11.4. The predicted octanol–water partition coefficient (Wildman–Crippen LogP) is 4.23. The van der Waals surface area contributed by atoms with Crippen LogP contribution in [-0.2, 0) is 0 Å². The van der Waals surface area contributed by atoms with Crippen LogP contribution in [0.3, 0.4) is 0 Å². The Bertz CT molecular complexity index is 206. The lowest BCUT2D eigenvalue weighted by molar-refractivity contribution is -0.0496. The van der Waals surface area contributed by atoms with Crippen LogP contribution in [0.15, 0.2) is 0 Å². The second-order valence-corrected chi connectivity index (χ2v) is 5.91. The first-order chi connectivity index (χ1) is 7.94. The van der Waals surface area contributed by atoms with E-state index in [1.54, 1.807) is 0 Å². The van der Waals surface area contributed by atoms with Gasteiger partial charge in [-0.15, -0.1) is 0 Å². The van der Waals surface area contributed by atoms with Crippen molar-refractivity contribution >= 4 is 0 Å². The monoisotopic (exact) mass is 247 g/mol. The van der Waals surface area contributed by atoms with Crippen LogP contribution in [0.4, 0.5) is 8.78 Å². The van der Waals surface area contributed by atoms with Gasteiger partial charge in [0.05, 0.1) is 0 Å². The molecule has 1 aliphatic carbocycles. The third-order valence-electron chi connectivity index (χ3n) is 4.00. The normalized spacial score (nSPS) is 22.9. The van der Waals surface area contributed by atoms with Gasteiger partial charge in [-0.2, -0.15) is 0 Å². The fourth-order valence-electron chi connectivity index (χ4n) is 2.83. The van der Waals surface area contributed by atoms with E-state index in [0.29, 0.717) is 24.8 Å². The number of rotatable bonds is 6. The van der Waals surface area contributed by atoms with Crippen molar-refractivity contribution in [1.82, 2.24) is 5.32 Å². The Balaban J connectivity index is 2.31. The van der Waals surface area contributed by atoms with E-state index in [1.165, 1.54) is 12.8 Å². The Morgan fingerprint density at radius 1 is 1.18 bits per heavy atom. The van der Waals surface area contributed by atoms with Crippen molar-refractivity contribution in [3.05, 3.63) is 0 Å². The van der Waals surface area contributed by atoms with Crippen molar-refractivity contribution < 1.29 is 8.78 Å². The van der Waals surface area contributed by atoms with Gasteiger partial charge in [0.1, 0.15) is 0 Å². The highest BCUT2D eigenvalue weighted by atomic mass is 19.3. The van der Waals surface area contributed by atoms with Gasteiger partial charge in [-0.3, -0.25) is 0 Å². The van der Waals surface area contributed by atoms with Gasteiger partial charge in [0.25, 0.3) is 0 Å². The topological polar surface area (TPSA) is 12.0 Å². The number of alkyl halides is 2. The third kappa shape index (κ3) is 5.33. The van der Waals surface area contributed by atoms with Crippen molar-refractivity contribution in [2.75, 3.05) is 7.05 Å². The Labute approximate surface area is 104 Å². The van der Waals surface area contributed by atoms with E-state index in [1.807, 2.05) is 7.05 Å². The van der Waals surface area contributed by atoms with Crippen LogP contribution in [0.25, 0.3) is 0 Å². The zero-order chi connectivity index (χ0) is 12.9. The highest BCUT2D eigenvalue weighted by Gasteiger charge is 2.36. The van der Waals surface area contributed by atoms with Gasteiger partial charge < -0.3 is 5.32 Å². The summed E-state index contributed by atoms with van der Waals surface area (Å²) in [6, 6.07) is 0.435. The maximum absolute atomic E-state index is 13.1. The first-order valence-corrected chi connectivity index (χ1v) is 6.99. The Hall–Kier alpha value is -0.180. The third-order valence-corrected chi connectivity index (χ3v) is 4.00. The van der Waals surface area contributed by atoms with Crippen LogP contribution in [0.5, 0.6) is 0 Å². The lowest BCUT2D eigenvalue weighted by Gasteiger charge is -2.33. The van der Waals surface area contributed by atoms with Crippen molar-refractivity contribution in [2.24, 2.45) is 11.8 Å². The van der Waals surface area contributed by atoms with Crippen molar-refractivity contribution in [1.29, 1.82) is 0 Å². The summed E-state index contributed by atoms with van der Waals surface area (Å²) in [5, 5.41) is 3.33. The Morgan fingerprint density at radius 3 is 2.24 bits per heavy atom. The van der Waals surface area contributed by atoms with Crippen LogP contribution in [-0.4, -0.2) is 19.0 Å². The smallest absolute Gasteiger partial charge is 0.248 e. The average molecular weight is 247 g/mol. The van der Waals surface area contributed by atoms with E-state index in [4.69, 9.17) is 0 Å². The van der Waals surface area contributed by atoms with E-state index in [0.717, 1.165) is 12.3 Å². The minimum Gasteiger partial charge on any atom is -0.317 e. The van der Waals surface area contributed by atoms with Crippen LogP contribution < -0.4 is 5.32 Å². The van der Waals surface area contributed by atoms with Gasteiger partial charge in [0, 0.05) is 18.9 Å². The summed E-state index contributed by atoms with van der Waals surface area (Å²) in [6.07, 6.45) is 5.10. The number of hydrogen-bond donors (Lipinski definition) is 1. The molecule has 102 valence electrons. The van der Waals surface area contributed by atoms with Crippen LogP contribution in [0.1, 0.15) is 58.8 Å². The summed E-state index contributed by atoms with van der Waals surface area (Å²) in [4.78, 5) is 0. The predicted molar refractivity (Wildman–Crippen MR) is 68.4 cm³/mol. The zero-order valence-corrected chi connectivity index (χ0v) is 11.4. The van der Waals surface area contributed by atoms with E-state index < -0.39 is 5.92 Å². The van der Waals surface area contributed by atoms with Gasteiger partial charge in [0.15, 0.2) is 0 Å². The second kappa shape index (κ2) is 6.67. The minimum atomic E-state index is -2.40. The van der Waals surface area contributed by atoms with Crippen LogP contribution >= 0.6 is 0 Å². The first-order valence-electron chi connectivity index (χ1n) is 6.99. The molecule has 0 aromatic rings. The maximum Gasteiger partial charge on any atom is 0.248 e. The number of nitrogens with one attached hydrogen (secondary N) is 1. The highest BCUT2D eigenvalue weighted by molar-refractivity contribution is 4.84. The van der Waals surface area contributed by atoms with Crippen molar-refractivity contribution in [2.45, 2.75) is 70.8 Å². The standard InChI is InChI=1S/C14H27F2N/c1-11(2)5-4-6-13(17-3)12-7-9-14(15,16)10-8-12/h11-13,17H,4-10H2,1-3H3. The summed E-state index contributed by atoms with van der Waals surface area (Å²) >= 11 is 0. The van der Waals surface area contributed by atoms with E-state index in [2.05, 4.69) is 19.2 Å². The molecule has 3 heteroatoms. The summed E-state index contributed by atoms with van der Waals surface area (Å²) < 4.78 is 26.2. The molecule has 0 aromatic carbocycles. The fraction of sp³-hybridized carbons (Fsp3) is 1.00. The molecule has 0 radical (unpaired) electrons. The molecule has 17 heavy (non-hydrogen) atoms. The minimum absolute atomic E-state index is 0.0834. The molecule has 1 saturated carbocycles. The summed E-state index contributed by atoms with van der Waals surface area (Å²) in [6.45, 7) is 4.46. The van der Waals surface area contributed by atoms with Gasteiger partial charge in [0.2, 0.25) is 5.92 Å². The van der Waals surface area contributed by atoms with Crippen LogP contribution in [0, 0.1) is 11.8 Å². The molecule has 0 bridgehead atoms. The molecule has 1 nitrogen and oxygen atoms in total. The lowest BCUT2D eigenvalue weighted by atomic mass is 9.80. The van der Waals surface area contributed by atoms with E-state index in [-0.39, 0.29) is 12.8 Å². The molecule has 1 rings (SSSR count). The molecule has 1 N–H and O–H groups in total. The number of hydrogen-bond acceptors (Lipinski definition) is 1. The molecule has 0 amide bonds. The average Bonchev–Trinajstić information content (AvgIpc) is 2.25. The second-order valence-electron chi connectivity index (χ2n) is 5.91. The van der Waals surface area contributed by atoms with Gasteiger partial charge in [-0.05, 0) is 38.1 Å². The van der Waals surface area contributed by atoms with Crippen LogP contribution in [0.2, 0.25) is 0 Å². The first kappa shape index (κ1) is 14.9. The lowest BCUT2D eigenvalue weighted by Crippen LogP contribution is -2.38. The molecule has 1 unspecified atom stereocenters. The molecule has 0 saturated heterocycles. The molecule has 0 spiro atoms. The van der Waals surface area contributed by atoms with Gasteiger partial charge in [-0.25, -0.2) is 8.78 Å². The fourth-order valence-corrected chi connectivity index (χ4v) is 2.83. The molecule has 0 aromatic heterocycles. The van der Waals surface area contributed by atoms with E-state index >= 15 is 0 Å². The largest absolute Gasteiger partial charge is 0.317 e. The number of halogens is 2. The van der Waals surface area contributed by atoms with Crippen molar-refractivity contribution in [3.8, 4) is 0 Å². The molecule has 1 fully saturated rings. The molecule has 0 heterocycles. The Kier molecular flexibility index (Phi) is 5.84. The van der Waals surface area contributed by atoms with Gasteiger partial charge >= 0.3 is 0 Å². The summed E-state index contributed by atoms with van der Waals surface area (Å²) in [5.41, 5.74) is 0. The maximum atomic E-state index is 13.1. The quantitative estimate of drug-likeness (QED) is 0.740. The van der Waals surface area contributed by atoms with Crippen molar-refractivity contribution in [3.63, 3.8) is 0 Å². The Morgan fingerprint density at radius 2 is 1.76 bits per heavy atom. The van der Waals surface area contributed by atoms with E-state index in [9.17, 15) is 8.78 Å². The molecule has 1 aliphatic rings. The van der Waals surface area contributed by atoms with Gasteiger partial charge in [-0.1, -0.05) is 26.7 Å². The molecular weight excluding hydrogens is 220 g/mol. The molecular formula is C14H27F2N. The SMILES string of the molecule is CNC(CCCC(C)C)C1CCC(F)(F)CC1. The summed E-state index contributed by atoms with van der Waals surface area (Å²) in [7, 11) is 1.97. The highest BCUT2D eigenvalue weighted by Crippen LogP contribution is 2.38.